The number of aliphatic hydroxyl groups excluding tert-OH is 2. The maximum absolute atomic E-state index is 14.2. The van der Waals surface area contributed by atoms with E-state index in [-0.39, 0.29) is 30.8 Å². The van der Waals surface area contributed by atoms with Gasteiger partial charge in [0.05, 0.1) is 24.9 Å². The van der Waals surface area contributed by atoms with Gasteiger partial charge in [0.25, 0.3) is 0 Å². The molecule has 2 heterocycles. The van der Waals surface area contributed by atoms with Gasteiger partial charge in [-0.2, -0.15) is 0 Å². The van der Waals surface area contributed by atoms with Crippen molar-refractivity contribution in [3.8, 4) is 0 Å². The van der Waals surface area contributed by atoms with E-state index in [1.54, 1.807) is 33.8 Å². The average Bonchev–Trinajstić information content (AvgIpc) is 3.43. The molecule has 224 valence electrons. The minimum atomic E-state index is -2.05. The highest BCUT2D eigenvalue weighted by molar-refractivity contribution is 5.93. The van der Waals surface area contributed by atoms with Gasteiger partial charge in [-0.1, -0.05) is 20.8 Å². The average molecular weight is 575 g/mol. The molecule has 10 atom stereocenters. The third-order valence-electron chi connectivity index (χ3n) is 10.2. The van der Waals surface area contributed by atoms with Crippen molar-refractivity contribution in [3.63, 3.8) is 0 Å². The zero-order valence-electron chi connectivity index (χ0n) is 23.8. The Labute approximate surface area is 238 Å². The molecule has 1 aromatic rings. The maximum atomic E-state index is 14.2. The summed E-state index contributed by atoms with van der Waals surface area (Å²) < 4.78 is 22.3. The Hall–Kier alpha value is -2.57. The zero-order valence-corrected chi connectivity index (χ0v) is 23.8. The predicted molar refractivity (Wildman–Crippen MR) is 140 cm³/mol. The Morgan fingerprint density at radius 2 is 1.88 bits per heavy atom. The molecular weight excluding hydrogens is 536 g/mol. The predicted octanol–water partition coefficient (Wildman–Crippen LogP) is 1.25. The van der Waals surface area contributed by atoms with E-state index in [9.17, 15) is 34.8 Å². The molecule has 0 amide bonds. The van der Waals surface area contributed by atoms with Gasteiger partial charge in [-0.05, 0) is 50.0 Å². The van der Waals surface area contributed by atoms with E-state index in [0.29, 0.717) is 12.0 Å². The number of fused-ring (bicyclic) bond motifs is 5. The molecule has 1 aromatic heterocycles. The first-order valence-electron chi connectivity index (χ1n) is 13.9. The molecule has 0 aromatic carbocycles. The van der Waals surface area contributed by atoms with Crippen molar-refractivity contribution < 1.29 is 53.4 Å². The summed E-state index contributed by atoms with van der Waals surface area (Å²) in [6.07, 6.45) is -5.33. The molecule has 4 N–H and O–H groups in total. The van der Waals surface area contributed by atoms with Gasteiger partial charge in [0.2, 0.25) is 0 Å². The van der Waals surface area contributed by atoms with E-state index in [1.807, 2.05) is 0 Å². The van der Waals surface area contributed by atoms with Crippen LogP contribution in [0.1, 0.15) is 65.6 Å². The molecular formula is C30H38O11. The normalized spacial score (nSPS) is 41.1. The lowest BCUT2D eigenvalue weighted by Crippen LogP contribution is -2.78. The van der Waals surface area contributed by atoms with Crippen LogP contribution in [-0.4, -0.2) is 86.5 Å². The summed E-state index contributed by atoms with van der Waals surface area (Å²) in [4.78, 5) is 39.8. The van der Waals surface area contributed by atoms with Crippen molar-refractivity contribution in [1.29, 1.82) is 0 Å². The van der Waals surface area contributed by atoms with E-state index in [4.69, 9.17) is 25.6 Å². The second kappa shape index (κ2) is 9.74. The highest BCUT2D eigenvalue weighted by Gasteiger charge is 2.74. The molecule has 41 heavy (non-hydrogen) atoms. The lowest BCUT2D eigenvalue weighted by Gasteiger charge is -2.66. The maximum Gasteiger partial charge on any atom is 0.336 e. The lowest BCUT2D eigenvalue weighted by molar-refractivity contribution is -0.331. The van der Waals surface area contributed by atoms with Crippen LogP contribution in [0.5, 0.6) is 0 Å². The van der Waals surface area contributed by atoms with Crippen molar-refractivity contribution in [2.75, 3.05) is 6.61 Å². The van der Waals surface area contributed by atoms with Gasteiger partial charge >= 0.3 is 11.9 Å². The van der Waals surface area contributed by atoms with Crippen LogP contribution in [0.4, 0.5) is 0 Å². The van der Waals surface area contributed by atoms with Crippen molar-refractivity contribution in [1.82, 2.24) is 0 Å². The number of hydrogen-bond acceptors (Lipinski definition) is 11. The summed E-state index contributed by atoms with van der Waals surface area (Å²) in [5.74, 6) is -4.71. The number of aliphatic hydroxyl groups is 4. The monoisotopic (exact) mass is 574 g/mol. The van der Waals surface area contributed by atoms with E-state index < -0.39 is 82.1 Å². The number of Topliss-reactive ketones (excluding diaryl/α,β-unsaturated/α-hetero) is 1. The van der Waals surface area contributed by atoms with Crippen LogP contribution in [0.15, 0.2) is 34.0 Å². The van der Waals surface area contributed by atoms with Crippen molar-refractivity contribution >= 4 is 17.7 Å². The molecule has 2 saturated carbocycles. The third-order valence-corrected chi connectivity index (χ3v) is 10.2. The Bertz CT molecular complexity index is 1270. The summed E-state index contributed by atoms with van der Waals surface area (Å²) in [6.45, 7) is 13.4. The topological polar surface area (TPSA) is 173 Å². The van der Waals surface area contributed by atoms with Gasteiger partial charge in [-0.25, -0.2) is 4.79 Å². The summed E-state index contributed by atoms with van der Waals surface area (Å²) in [5.41, 5.74) is -6.02. The van der Waals surface area contributed by atoms with Gasteiger partial charge in [0.15, 0.2) is 11.9 Å². The van der Waals surface area contributed by atoms with Crippen molar-refractivity contribution in [2.24, 2.45) is 16.7 Å². The second-order valence-corrected chi connectivity index (χ2v) is 12.8. The molecule has 3 aliphatic carbocycles. The van der Waals surface area contributed by atoms with Crippen LogP contribution in [-0.2, 0) is 28.6 Å². The van der Waals surface area contributed by atoms with Crippen LogP contribution in [0.3, 0.4) is 0 Å². The molecule has 11 nitrogen and oxygen atoms in total. The second-order valence-electron chi connectivity index (χ2n) is 12.8. The molecule has 2 bridgehead atoms. The fraction of sp³-hybridized carbons (Fsp3) is 0.667. The number of carbonyl (C=O) groups excluding carboxylic acids is 3. The highest BCUT2D eigenvalue weighted by atomic mass is 16.6. The van der Waals surface area contributed by atoms with Crippen LogP contribution in [0.25, 0.3) is 0 Å². The van der Waals surface area contributed by atoms with Crippen molar-refractivity contribution in [2.45, 2.75) is 102 Å². The molecule has 5 rings (SSSR count). The summed E-state index contributed by atoms with van der Waals surface area (Å²) in [7, 11) is 0. The Morgan fingerprint density at radius 3 is 2.44 bits per heavy atom. The molecule has 1 aliphatic heterocycles. The molecule has 4 aliphatic rings. The van der Waals surface area contributed by atoms with Crippen LogP contribution in [0.2, 0.25) is 0 Å². The summed E-state index contributed by atoms with van der Waals surface area (Å²) in [6, 6.07) is 3.04. The lowest BCUT2D eigenvalue weighted by atomic mass is 9.45. The van der Waals surface area contributed by atoms with Crippen LogP contribution < -0.4 is 0 Å². The number of ketones is 1. The fourth-order valence-corrected chi connectivity index (χ4v) is 7.81. The highest BCUT2D eigenvalue weighted by Crippen LogP contribution is 2.63. The number of ether oxygens (including phenoxy) is 3. The minimum Gasteiger partial charge on any atom is -0.469 e. The number of carbonyl (C=O) groups is 3. The molecule has 3 fully saturated rings. The fourth-order valence-electron chi connectivity index (χ4n) is 7.81. The standard InChI is InChI=1S/C30H38O11/c1-14-18(41-26(35)21(32)15(2)17-8-7-11-38-17)12-30(37)25(40-16(3)31)23-28(6,10-9-19-29(23,36)13-39-19)24(34)22(33)20(14)27(30,4)5/h2,7-8,11,15,18-19,21-23,25,32-33,36-37H,9-10,12-13H2,1,3-6H3/t15-,18-,19+,21+,22+,23-,25-,28+,29-,30+/m0/s1. The molecule has 2 radical (unpaired) electrons. The molecule has 1 saturated heterocycles. The first-order valence-corrected chi connectivity index (χ1v) is 13.9. The molecule has 11 heteroatoms. The van der Waals surface area contributed by atoms with Gasteiger partial charge in [-0.15, -0.1) is 0 Å². The first-order chi connectivity index (χ1) is 19.0. The van der Waals surface area contributed by atoms with Gasteiger partial charge in [0, 0.05) is 30.1 Å². The minimum absolute atomic E-state index is 0.120. The first kappa shape index (κ1) is 29.9. The SMILES string of the molecule is [CH][C@@H](c1ccco1)[C@@H](O)C(=O)O[C@H]1C[C@@]2(O)[C@@H](OC(C)=O)[C@@H]3[C@]4(O)CO[C@@H]4CC[C@@]3(C)C(=O)[C@H](O)C(=C1C)C2(C)C. The van der Waals surface area contributed by atoms with Gasteiger partial charge < -0.3 is 39.1 Å². The Kier molecular flexibility index (Phi) is 7.10. The van der Waals surface area contributed by atoms with E-state index in [0.717, 1.165) is 0 Å². The molecule has 0 unspecified atom stereocenters. The number of furan rings is 1. The van der Waals surface area contributed by atoms with Gasteiger partial charge in [0.1, 0.15) is 35.3 Å². The Morgan fingerprint density at radius 1 is 1.20 bits per heavy atom. The molecule has 0 spiro atoms. The van der Waals surface area contributed by atoms with E-state index in [1.165, 1.54) is 19.3 Å². The van der Waals surface area contributed by atoms with Crippen molar-refractivity contribution in [3.05, 3.63) is 42.2 Å². The Balaban J connectivity index is 1.63. The van der Waals surface area contributed by atoms with Crippen LogP contribution in [0, 0.1) is 23.7 Å². The number of esters is 2. The van der Waals surface area contributed by atoms with Crippen LogP contribution >= 0.6 is 0 Å². The summed E-state index contributed by atoms with van der Waals surface area (Å²) in [5, 5.41) is 46.8. The third kappa shape index (κ3) is 4.15. The number of rotatable bonds is 5. The van der Waals surface area contributed by atoms with E-state index in [2.05, 4.69) is 0 Å². The quantitative estimate of drug-likeness (QED) is 0.294. The smallest absolute Gasteiger partial charge is 0.336 e. The van der Waals surface area contributed by atoms with Gasteiger partial charge in [-0.3, -0.25) is 9.59 Å². The zero-order chi connectivity index (χ0) is 30.3. The summed E-state index contributed by atoms with van der Waals surface area (Å²) >= 11 is 0. The number of hydrogen-bond donors (Lipinski definition) is 4. The largest absolute Gasteiger partial charge is 0.469 e. The van der Waals surface area contributed by atoms with E-state index >= 15 is 0 Å².